The molecule has 1 aromatic rings. The molecule has 0 unspecified atom stereocenters. The first-order chi connectivity index (χ1) is 5.83. The third kappa shape index (κ3) is 3.56. The van der Waals surface area contributed by atoms with E-state index in [0.29, 0.717) is 0 Å². The molecule has 0 amide bonds. The van der Waals surface area contributed by atoms with Crippen molar-refractivity contribution in [3.63, 3.8) is 0 Å². The Morgan fingerprint density at radius 1 is 1.50 bits per heavy atom. The summed E-state index contributed by atoms with van der Waals surface area (Å²) in [5.74, 6) is 0.922. The average Bonchev–Trinajstić information content (AvgIpc) is 2.09. The second kappa shape index (κ2) is 5.56. The van der Waals surface area contributed by atoms with Crippen LogP contribution in [0.4, 0.5) is 0 Å². The number of nitrogens with zero attached hydrogens (tertiary/aromatic N) is 1. The van der Waals surface area contributed by atoms with E-state index >= 15 is 0 Å². The summed E-state index contributed by atoms with van der Waals surface area (Å²) in [6.07, 6.45) is 2.60. The maximum Gasteiger partial charge on any atom is 0.0960 e. The Morgan fingerprint density at radius 3 is 2.92 bits per heavy atom. The van der Waals surface area contributed by atoms with Crippen molar-refractivity contribution in [1.82, 2.24) is 4.98 Å². The van der Waals surface area contributed by atoms with Crippen molar-refractivity contribution in [3.8, 4) is 0 Å². The van der Waals surface area contributed by atoms with Gasteiger partial charge in [-0.25, -0.2) is 4.98 Å². The molecule has 0 aliphatic heterocycles. The molecule has 0 spiro atoms. The number of thioether (sulfide) groups is 1. The zero-order chi connectivity index (χ0) is 8.81. The van der Waals surface area contributed by atoms with Crippen LogP contribution in [-0.2, 0) is 0 Å². The van der Waals surface area contributed by atoms with Gasteiger partial charge in [-0.15, -0.1) is 11.8 Å². The highest BCUT2D eigenvalue weighted by molar-refractivity contribution is 9.10. The van der Waals surface area contributed by atoms with Crippen molar-refractivity contribution >= 4 is 27.7 Å². The average molecular weight is 248 g/mol. The Bertz CT molecular complexity index is 227. The summed E-state index contributed by atoms with van der Waals surface area (Å²) in [5, 5.41) is 9.55. The highest BCUT2D eigenvalue weighted by atomic mass is 79.9. The van der Waals surface area contributed by atoms with Crippen molar-refractivity contribution in [2.75, 3.05) is 12.4 Å². The van der Waals surface area contributed by atoms with Gasteiger partial charge >= 0.3 is 0 Å². The molecule has 0 aliphatic rings. The number of aliphatic hydroxyl groups excluding tert-OH is 1. The van der Waals surface area contributed by atoms with Gasteiger partial charge in [0, 0.05) is 23.0 Å². The molecule has 1 heterocycles. The Kier molecular flexibility index (Phi) is 4.65. The number of halogens is 1. The van der Waals surface area contributed by atoms with Crippen LogP contribution in [0.15, 0.2) is 27.8 Å². The van der Waals surface area contributed by atoms with Crippen LogP contribution in [-0.4, -0.2) is 22.5 Å². The van der Waals surface area contributed by atoms with E-state index in [0.717, 1.165) is 21.7 Å². The van der Waals surface area contributed by atoms with Gasteiger partial charge in [0.2, 0.25) is 0 Å². The molecule has 1 aromatic heterocycles. The van der Waals surface area contributed by atoms with Crippen molar-refractivity contribution in [3.05, 3.63) is 22.8 Å². The molecule has 0 radical (unpaired) electrons. The van der Waals surface area contributed by atoms with Gasteiger partial charge in [-0.3, -0.25) is 0 Å². The Labute approximate surface area is 84.5 Å². The minimum Gasteiger partial charge on any atom is -0.396 e. The lowest BCUT2D eigenvalue weighted by atomic mass is 10.5. The number of pyridine rings is 1. The lowest BCUT2D eigenvalue weighted by Gasteiger charge is -1.98. The number of hydrogen-bond donors (Lipinski definition) is 1. The van der Waals surface area contributed by atoms with Crippen molar-refractivity contribution in [1.29, 1.82) is 0 Å². The molecule has 1 N–H and O–H groups in total. The molecule has 2 nitrogen and oxygen atoms in total. The standard InChI is InChI=1S/C8H10BrNOS/c9-7-2-3-8(10-6-7)12-5-1-4-11/h2-3,6,11H,1,4-5H2. The molecule has 12 heavy (non-hydrogen) atoms. The lowest BCUT2D eigenvalue weighted by molar-refractivity contribution is 0.296. The van der Waals surface area contributed by atoms with Crippen LogP contribution in [0.3, 0.4) is 0 Å². The molecule has 0 saturated heterocycles. The summed E-state index contributed by atoms with van der Waals surface area (Å²) in [7, 11) is 0. The first-order valence-electron chi connectivity index (χ1n) is 3.68. The Balaban J connectivity index is 2.37. The highest BCUT2D eigenvalue weighted by Crippen LogP contribution is 2.17. The monoisotopic (exact) mass is 247 g/mol. The molecule has 0 saturated carbocycles. The molecular formula is C8H10BrNOS. The molecule has 66 valence electrons. The number of aromatic nitrogens is 1. The second-order valence-corrected chi connectivity index (χ2v) is 4.27. The largest absolute Gasteiger partial charge is 0.396 e. The molecule has 0 atom stereocenters. The van der Waals surface area contributed by atoms with Gasteiger partial charge in [0.1, 0.15) is 0 Å². The quantitative estimate of drug-likeness (QED) is 0.655. The fourth-order valence-electron chi connectivity index (χ4n) is 0.689. The first kappa shape index (κ1) is 10.0. The molecule has 0 fully saturated rings. The van der Waals surface area contributed by atoms with E-state index in [-0.39, 0.29) is 6.61 Å². The maximum atomic E-state index is 8.55. The van der Waals surface area contributed by atoms with E-state index in [4.69, 9.17) is 5.11 Å². The highest BCUT2D eigenvalue weighted by Gasteiger charge is 1.94. The van der Waals surface area contributed by atoms with Gasteiger partial charge < -0.3 is 5.11 Å². The van der Waals surface area contributed by atoms with Crippen molar-refractivity contribution in [2.45, 2.75) is 11.4 Å². The molecule has 1 rings (SSSR count). The van der Waals surface area contributed by atoms with Crippen LogP contribution < -0.4 is 0 Å². The van der Waals surface area contributed by atoms with Crippen LogP contribution in [0.1, 0.15) is 6.42 Å². The number of rotatable bonds is 4. The lowest BCUT2D eigenvalue weighted by Crippen LogP contribution is -1.86. The van der Waals surface area contributed by atoms with Gasteiger partial charge in [-0.05, 0) is 34.5 Å². The van der Waals surface area contributed by atoms with Gasteiger partial charge in [0.15, 0.2) is 0 Å². The molecule has 0 aliphatic carbocycles. The minimum absolute atomic E-state index is 0.254. The van der Waals surface area contributed by atoms with Crippen molar-refractivity contribution in [2.24, 2.45) is 0 Å². The summed E-state index contributed by atoms with van der Waals surface area (Å²) < 4.78 is 0.994. The predicted molar refractivity (Wildman–Crippen MR) is 54.4 cm³/mol. The van der Waals surface area contributed by atoms with Crippen LogP contribution >= 0.6 is 27.7 Å². The van der Waals surface area contributed by atoms with E-state index in [1.165, 1.54) is 0 Å². The Hall–Kier alpha value is -0.0600. The van der Waals surface area contributed by atoms with E-state index in [9.17, 15) is 0 Å². The van der Waals surface area contributed by atoms with E-state index in [2.05, 4.69) is 20.9 Å². The van der Waals surface area contributed by atoms with Gasteiger partial charge in [0.25, 0.3) is 0 Å². The zero-order valence-electron chi connectivity index (χ0n) is 6.53. The molecule has 0 aromatic carbocycles. The smallest absolute Gasteiger partial charge is 0.0960 e. The third-order valence-electron chi connectivity index (χ3n) is 1.25. The zero-order valence-corrected chi connectivity index (χ0v) is 8.94. The molecular weight excluding hydrogens is 238 g/mol. The topological polar surface area (TPSA) is 33.1 Å². The second-order valence-electron chi connectivity index (χ2n) is 2.24. The minimum atomic E-state index is 0.254. The fraction of sp³-hybridized carbons (Fsp3) is 0.375. The summed E-state index contributed by atoms with van der Waals surface area (Å²) >= 11 is 4.98. The van der Waals surface area contributed by atoms with E-state index in [1.54, 1.807) is 18.0 Å². The number of aliphatic hydroxyl groups is 1. The normalized spacial score (nSPS) is 10.2. The van der Waals surface area contributed by atoms with Crippen LogP contribution in [0, 0.1) is 0 Å². The third-order valence-corrected chi connectivity index (χ3v) is 2.75. The Morgan fingerprint density at radius 2 is 2.33 bits per heavy atom. The fourth-order valence-corrected chi connectivity index (χ4v) is 1.70. The van der Waals surface area contributed by atoms with Crippen LogP contribution in [0.2, 0.25) is 0 Å². The number of hydrogen-bond acceptors (Lipinski definition) is 3. The summed E-state index contributed by atoms with van der Waals surface area (Å²) in [4.78, 5) is 4.18. The van der Waals surface area contributed by atoms with E-state index in [1.807, 2.05) is 12.1 Å². The first-order valence-corrected chi connectivity index (χ1v) is 5.46. The van der Waals surface area contributed by atoms with Gasteiger partial charge in [0.05, 0.1) is 5.03 Å². The van der Waals surface area contributed by atoms with Crippen molar-refractivity contribution < 1.29 is 5.11 Å². The van der Waals surface area contributed by atoms with Gasteiger partial charge in [-0.2, -0.15) is 0 Å². The SMILES string of the molecule is OCCCSc1ccc(Br)cn1. The summed E-state index contributed by atoms with van der Waals surface area (Å²) in [6, 6.07) is 3.93. The van der Waals surface area contributed by atoms with Crippen LogP contribution in [0.25, 0.3) is 0 Å². The van der Waals surface area contributed by atoms with Crippen LogP contribution in [0.5, 0.6) is 0 Å². The summed E-state index contributed by atoms with van der Waals surface area (Å²) in [6.45, 7) is 0.254. The molecule has 0 bridgehead atoms. The van der Waals surface area contributed by atoms with Gasteiger partial charge in [-0.1, -0.05) is 0 Å². The predicted octanol–water partition coefficient (Wildman–Crippen LogP) is 2.32. The van der Waals surface area contributed by atoms with E-state index < -0.39 is 0 Å². The molecule has 4 heteroatoms. The maximum absolute atomic E-state index is 8.55. The summed E-state index contributed by atoms with van der Waals surface area (Å²) in [5.41, 5.74) is 0.